The number of nitrogens with zero attached hydrogens (tertiary/aromatic N) is 2. The maximum absolute atomic E-state index is 11.3. The summed E-state index contributed by atoms with van der Waals surface area (Å²) in [5.41, 5.74) is 5.67. The summed E-state index contributed by atoms with van der Waals surface area (Å²) in [6.45, 7) is 5.37. The van der Waals surface area contributed by atoms with Crippen molar-refractivity contribution < 1.29 is 28.2 Å². The van der Waals surface area contributed by atoms with Crippen LogP contribution in [0, 0.1) is 11.3 Å². The number of carboxylic acid groups (broad SMARTS) is 1. The van der Waals surface area contributed by atoms with E-state index in [0.29, 0.717) is 68.1 Å². The monoisotopic (exact) mass is 828 g/mol. The molecule has 5 aromatic carbocycles. The van der Waals surface area contributed by atoms with Gasteiger partial charge in [-0.1, -0.05) is 107 Å². The number of hydrogen-bond acceptors (Lipinski definition) is 8. The Kier molecular flexibility index (Phi) is 12.8. The van der Waals surface area contributed by atoms with Gasteiger partial charge in [-0.05, 0) is 85.0 Å². The number of fused-ring (bicyclic) bond motifs is 3. The Bertz CT molecular complexity index is 2770. The zero-order chi connectivity index (χ0) is 42.1. The largest absolute Gasteiger partial charge is 0.489 e. The van der Waals surface area contributed by atoms with E-state index in [9.17, 15) is 15.2 Å². The molecule has 0 fully saturated rings. The molecule has 3 heterocycles. The summed E-state index contributed by atoms with van der Waals surface area (Å²) in [4.78, 5) is 14.7. The number of furan rings is 2. The SMILES string of the molecule is CCCCCCOc1c2cc(-c3cc(/C=C/C(=O)O)c(C#N)s3)oc2c(OCCCCCC)c2cc(-c3ccc(N(c4ccccc4)c4cccc5ccccc45)cc3)oc12. The van der Waals surface area contributed by atoms with Crippen LogP contribution in [0.3, 0.4) is 0 Å². The minimum atomic E-state index is -1.09. The van der Waals surface area contributed by atoms with E-state index >= 15 is 0 Å². The topological polar surface area (TPSA) is 109 Å². The van der Waals surface area contributed by atoms with E-state index in [2.05, 4.69) is 116 Å². The number of carbonyl (C=O) groups is 1. The third-order valence-corrected chi connectivity index (χ3v) is 11.9. The number of ether oxygens (including phenoxy) is 2. The lowest BCUT2D eigenvalue weighted by molar-refractivity contribution is -0.131. The van der Waals surface area contributed by atoms with E-state index in [1.807, 2.05) is 18.2 Å². The van der Waals surface area contributed by atoms with Gasteiger partial charge in [-0.15, -0.1) is 11.3 Å². The number of anilines is 3. The van der Waals surface area contributed by atoms with Gasteiger partial charge in [0.2, 0.25) is 0 Å². The summed E-state index contributed by atoms with van der Waals surface area (Å²) in [7, 11) is 0. The van der Waals surface area contributed by atoms with Crippen LogP contribution in [0.5, 0.6) is 11.5 Å². The van der Waals surface area contributed by atoms with Crippen molar-refractivity contribution in [2.24, 2.45) is 0 Å². The first-order valence-electron chi connectivity index (χ1n) is 21.1. The highest BCUT2D eigenvalue weighted by molar-refractivity contribution is 7.16. The van der Waals surface area contributed by atoms with E-state index in [1.165, 1.54) is 22.8 Å². The highest BCUT2D eigenvalue weighted by Gasteiger charge is 2.26. The second kappa shape index (κ2) is 19.1. The molecule has 0 radical (unpaired) electrons. The molecule has 0 amide bonds. The van der Waals surface area contributed by atoms with Crippen molar-refractivity contribution >= 4 is 73.2 Å². The number of para-hydroxylation sites is 1. The van der Waals surface area contributed by atoms with Crippen LogP contribution in [0.1, 0.15) is 75.7 Å². The number of aliphatic carboxylic acids is 1. The zero-order valence-corrected chi connectivity index (χ0v) is 35.3. The first-order chi connectivity index (χ1) is 30.0. The summed E-state index contributed by atoms with van der Waals surface area (Å²) < 4.78 is 26.8. The summed E-state index contributed by atoms with van der Waals surface area (Å²) in [6.07, 6.45) is 10.8. The molecule has 0 spiro atoms. The molecule has 0 aliphatic carbocycles. The summed E-state index contributed by atoms with van der Waals surface area (Å²) in [6, 6.07) is 41.6. The zero-order valence-electron chi connectivity index (χ0n) is 34.5. The highest BCUT2D eigenvalue weighted by Crippen LogP contribution is 2.50. The Hall–Kier alpha value is -6.76. The Morgan fingerprint density at radius 2 is 1.31 bits per heavy atom. The van der Waals surface area contributed by atoms with Crippen LogP contribution in [0.25, 0.3) is 60.7 Å². The number of unbranched alkanes of at least 4 members (excludes halogenated alkanes) is 6. The lowest BCUT2D eigenvalue weighted by Crippen LogP contribution is -2.10. The van der Waals surface area contributed by atoms with Crippen molar-refractivity contribution in [1.29, 1.82) is 5.26 Å². The van der Waals surface area contributed by atoms with E-state index in [0.717, 1.165) is 90.8 Å². The van der Waals surface area contributed by atoms with Crippen molar-refractivity contribution in [2.75, 3.05) is 18.1 Å². The fourth-order valence-electron chi connectivity index (χ4n) is 7.74. The quantitative estimate of drug-likeness (QED) is 0.0634. The molecule has 3 aromatic heterocycles. The molecule has 0 aliphatic rings. The number of carboxylic acids is 1. The Labute approximate surface area is 359 Å². The molecule has 8 rings (SSSR count). The maximum atomic E-state index is 11.3. The molecular formula is C52H48N2O6S. The van der Waals surface area contributed by atoms with Gasteiger partial charge in [0.1, 0.15) is 22.5 Å². The predicted octanol–water partition coefficient (Wildman–Crippen LogP) is 15.1. The van der Waals surface area contributed by atoms with E-state index < -0.39 is 5.97 Å². The van der Waals surface area contributed by atoms with Crippen LogP contribution in [0.15, 0.2) is 130 Å². The molecule has 0 aliphatic heterocycles. The highest BCUT2D eigenvalue weighted by atomic mass is 32.1. The fraction of sp³-hybridized carbons (Fsp3) is 0.231. The van der Waals surface area contributed by atoms with E-state index in [4.69, 9.17) is 18.3 Å². The van der Waals surface area contributed by atoms with Crippen LogP contribution >= 0.6 is 11.3 Å². The number of nitriles is 1. The standard InChI is InChI=1S/C52H48N2O6S/c1-3-5-7-14-29-57-49-41-32-44(36-23-26-39(27-24-36)54(38-19-10-9-11-20-38)43-22-16-18-35-17-12-13-21-40(35)43)59-51(41)50(58-30-15-8-6-4-2)42-33-45(60-52(42)49)46-31-37(25-28-48(55)56)47(34-53)61-46/h9-13,16-28,31-33H,3-8,14-15,29-30H2,1-2H3,(H,55,56)/b28-25+. The Morgan fingerprint density at radius 1 is 0.705 bits per heavy atom. The van der Waals surface area contributed by atoms with Crippen molar-refractivity contribution in [1.82, 2.24) is 0 Å². The first-order valence-corrected chi connectivity index (χ1v) is 22.0. The third kappa shape index (κ3) is 8.91. The van der Waals surface area contributed by atoms with Gasteiger partial charge >= 0.3 is 5.97 Å². The molecule has 0 atom stereocenters. The van der Waals surface area contributed by atoms with Gasteiger partial charge in [-0.25, -0.2) is 4.79 Å². The number of hydrogen-bond donors (Lipinski definition) is 1. The number of benzene rings is 5. The summed E-state index contributed by atoms with van der Waals surface area (Å²) >= 11 is 1.24. The normalized spacial score (nSPS) is 11.5. The second-order valence-electron chi connectivity index (χ2n) is 15.1. The van der Waals surface area contributed by atoms with Crippen molar-refractivity contribution in [3.05, 3.63) is 132 Å². The molecule has 1 N–H and O–H groups in total. The van der Waals surface area contributed by atoms with Crippen molar-refractivity contribution in [2.45, 2.75) is 65.2 Å². The first kappa shape index (κ1) is 41.0. The smallest absolute Gasteiger partial charge is 0.328 e. The Morgan fingerprint density at radius 3 is 1.97 bits per heavy atom. The fourth-order valence-corrected chi connectivity index (χ4v) is 8.64. The molecule has 0 saturated heterocycles. The van der Waals surface area contributed by atoms with Gasteiger partial charge in [-0.3, -0.25) is 0 Å². The average Bonchev–Trinajstić information content (AvgIpc) is 4.04. The molecule has 0 saturated carbocycles. The molecule has 0 bridgehead atoms. The van der Waals surface area contributed by atoms with Gasteiger partial charge < -0.3 is 28.3 Å². The van der Waals surface area contributed by atoms with E-state index in [1.54, 1.807) is 6.07 Å². The van der Waals surface area contributed by atoms with Crippen molar-refractivity contribution in [3.8, 4) is 39.5 Å². The molecule has 61 heavy (non-hydrogen) atoms. The third-order valence-electron chi connectivity index (χ3n) is 10.8. The molecule has 8 nitrogen and oxygen atoms in total. The van der Waals surface area contributed by atoms with Gasteiger partial charge in [0.25, 0.3) is 0 Å². The van der Waals surface area contributed by atoms with Gasteiger partial charge in [0.05, 0.1) is 34.6 Å². The molecule has 9 heteroatoms. The van der Waals surface area contributed by atoms with Crippen LogP contribution in [-0.4, -0.2) is 24.3 Å². The van der Waals surface area contributed by atoms with Crippen molar-refractivity contribution in [3.63, 3.8) is 0 Å². The minimum absolute atomic E-state index is 0.390. The van der Waals surface area contributed by atoms with Crippen LogP contribution in [0.4, 0.5) is 17.1 Å². The lowest BCUT2D eigenvalue weighted by Gasteiger charge is -2.27. The molecule has 8 aromatic rings. The lowest BCUT2D eigenvalue weighted by atomic mass is 10.1. The predicted molar refractivity (Wildman–Crippen MR) is 248 cm³/mol. The molecule has 308 valence electrons. The number of thiophene rings is 1. The minimum Gasteiger partial charge on any atom is -0.489 e. The molecular weight excluding hydrogens is 781 g/mol. The van der Waals surface area contributed by atoms with Crippen LogP contribution in [0.2, 0.25) is 0 Å². The number of rotatable bonds is 19. The van der Waals surface area contributed by atoms with Gasteiger partial charge in [0, 0.05) is 34.0 Å². The molecule has 0 unspecified atom stereocenters. The Balaban J connectivity index is 1.24. The summed E-state index contributed by atoms with van der Waals surface area (Å²) in [5.74, 6) is 1.26. The van der Waals surface area contributed by atoms with E-state index in [-0.39, 0.29) is 0 Å². The summed E-state index contributed by atoms with van der Waals surface area (Å²) in [5, 5.41) is 22.9. The maximum Gasteiger partial charge on any atom is 0.328 e. The van der Waals surface area contributed by atoms with Gasteiger partial charge in [0.15, 0.2) is 22.7 Å². The average molecular weight is 829 g/mol. The van der Waals surface area contributed by atoms with Crippen LogP contribution in [-0.2, 0) is 4.79 Å². The van der Waals surface area contributed by atoms with Crippen LogP contribution < -0.4 is 14.4 Å². The van der Waals surface area contributed by atoms with Gasteiger partial charge in [-0.2, -0.15) is 5.26 Å². The second-order valence-corrected chi connectivity index (χ2v) is 16.1.